The Morgan fingerprint density at radius 3 is 2.33 bits per heavy atom. The summed E-state index contributed by atoms with van der Waals surface area (Å²) < 4.78 is 42.5. The largest absolute Gasteiger partial charge is 0.497 e. The van der Waals surface area contributed by atoms with Gasteiger partial charge in [0.15, 0.2) is 0 Å². The quantitative estimate of drug-likeness (QED) is 0.835. The highest BCUT2D eigenvalue weighted by atomic mass is 35.5. The second kappa shape index (κ2) is 5.77. The van der Waals surface area contributed by atoms with Crippen molar-refractivity contribution in [3.05, 3.63) is 29.3 Å². The highest BCUT2D eigenvalue weighted by Gasteiger charge is 2.32. The standard InChI is InChI=1S/C11H12ClF3O3/c1-18-8-3-6(10(17)9(16)5-12)2-7(4-8)11(13,14)15/h2-4,9-10,16-17H,5H2,1H3. The van der Waals surface area contributed by atoms with Crippen LogP contribution in [0.25, 0.3) is 0 Å². The molecule has 0 amide bonds. The van der Waals surface area contributed by atoms with Gasteiger partial charge in [0.25, 0.3) is 0 Å². The summed E-state index contributed by atoms with van der Waals surface area (Å²) in [7, 11) is 1.21. The molecule has 1 aromatic carbocycles. The molecule has 102 valence electrons. The van der Waals surface area contributed by atoms with Gasteiger partial charge in [-0.25, -0.2) is 0 Å². The van der Waals surface area contributed by atoms with Crippen LogP contribution in [0, 0.1) is 0 Å². The Bertz CT molecular complexity index is 409. The fourth-order valence-electron chi connectivity index (χ4n) is 1.38. The van der Waals surface area contributed by atoms with Gasteiger partial charge in [-0.05, 0) is 23.8 Å². The molecule has 0 fully saturated rings. The number of benzene rings is 1. The molecule has 3 nitrogen and oxygen atoms in total. The normalized spacial score (nSPS) is 15.3. The number of ether oxygens (including phenoxy) is 1. The lowest BCUT2D eigenvalue weighted by Gasteiger charge is -2.18. The first kappa shape index (κ1) is 15.1. The van der Waals surface area contributed by atoms with E-state index in [4.69, 9.17) is 16.3 Å². The van der Waals surface area contributed by atoms with Crippen molar-refractivity contribution < 1.29 is 28.1 Å². The zero-order valence-corrected chi connectivity index (χ0v) is 10.2. The summed E-state index contributed by atoms with van der Waals surface area (Å²) in [6, 6.07) is 2.78. The van der Waals surface area contributed by atoms with Gasteiger partial charge in [-0.3, -0.25) is 0 Å². The second-order valence-corrected chi connectivity index (χ2v) is 3.97. The zero-order valence-electron chi connectivity index (χ0n) is 9.41. The molecule has 0 saturated carbocycles. The minimum atomic E-state index is -4.56. The van der Waals surface area contributed by atoms with E-state index in [1.807, 2.05) is 0 Å². The summed E-state index contributed by atoms with van der Waals surface area (Å²) in [5, 5.41) is 19.0. The predicted molar refractivity (Wildman–Crippen MR) is 59.7 cm³/mol. The Morgan fingerprint density at radius 1 is 1.28 bits per heavy atom. The lowest BCUT2D eigenvalue weighted by atomic mass is 10.0. The second-order valence-electron chi connectivity index (χ2n) is 3.66. The zero-order chi connectivity index (χ0) is 13.9. The van der Waals surface area contributed by atoms with Crippen LogP contribution in [0.3, 0.4) is 0 Å². The third-order valence-corrected chi connectivity index (χ3v) is 2.67. The van der Waals surface area contributed by atoms with Crippen molar-refractivity contribution in [1.82, 2.24) is 0 Å². The van der Waals surface area contributed by atoms with Crippen molar-refractivity contribution in [3.63, 3.8) is 0 Å². The van der Waals surface area contributed by atoms with Crippen LogP contribution in [0.5, 0.6) is 5.75 Å². The minimum absolute atomic E-state index is 0.0550. The molecule has 1 rings (SSSR count). The molecule has 0 spiro atoms. The van der Waals surface area contributed by atoms with Crippen molar-refractivity contribution >= 4 is 11.6 Å². The first-order chi connectivity index (χ1) is 8.29. The Balaban J connectivity index is 3.20. The van der Waals surface area contributed by atoms with Crippen molar-refractivity contribution in [1.29, 1.82) is 0 Å². The van der Waals surface area contributed by atoms with E-state index < -0.39 is 23.9 Å². The van der Waals surface area contributed by atoms with Gasteiger partial charge in [0, 0.05) is 0 Å². The van der Waals surface area contributed by atoms with E-state index in [2.05, 4.69) is 0 Å². The Morgan fingerprint density at radius 2 is 1.89 bits per heavy atom. The lowest BCUT2D eigenvalue weighted by Crippen LogP contribution is -2.20. The molecule has 2 N–H and O–H groups in total. The Labute approximate surface area is 107 Å². The maximum Gasteiger partial charge on any atom is 0.416 e. The third-order valence-electron chi connectivity index (χ3n) is 2.36. The fourth-order valence-corrected chi connectivity index (χ4v) is 1.55. The van der Waals surface area contributed by atoms with Crippen LogP contribution in [0.2, 0.25) is 0 Å². The number of aliphatic hydroxyl groups is 2. The maximum atomic E-state index is 12.6. The van der Waals surface area contributed by atoms with Gasteiger partial charge in [0.1, 0.15) is 11.9 Å². The molecule has 0 aromatic heterocycles. The highest BCUT2D eigenvalue weighted by molar-refractivity contribution is 6.18. The molecule has 0 radical (unpaired) electrons. The van der Waals surface area contributed by atoms with Gasteiger partial charge in [0.2, 0.25) is 0 Å². The van der Waals surface area contributed by atoms with Crippen LogP contribution in [0.15, 0.2) is 18.2 Å². The summed E-state index contributed by atoms with van der Waals surface area (Å²) in [5.41, 5.74) is -1.06. The molecule has 0 aliphatic carbocycles. The molecule has 18 heavy (non-hydrogen) atoms. The average molecular weight is 285 g/mol. The first-order valence-electron chi connectivity index (χ1n) is 4.98. The molecule has 0 bridgehead atoms. The number of hydrogen-bond donors (Lipinski definition) is 2. The minimum Gasteiger partial charge on any atom is -0.497 e. The topological polar surface area (TPSA) is 49.7 Å². The molecule has 1 aromatic rings. The summed E-state index contributed by atoms with van der Waals surface area (Å²) >= 11 is 5.34. The number of hydrogen-bond acceptors (Lipinski definition) is 3. The van der Waals surface area contributed by atoms with E-state index >= 15 is 0 Å². The fraction of sp³-hybridized carbons (Fsp3) is 0.455. The van der Waals surface area contributed by atoms with E-state index in [1.165, 1.54) is 13.2 Å². The van der Waals surface area contributed by atoms with Crippen molar-refractivity contribution in [2.45, 2.75) is 18.4 Å². The molecular formula is C11H12ClF3O3. The van der Waals surface area contributed by atoms with Crippen molar-refractivity contribution in [2.75, 3.05) is 13.0 Å². The van der Waals surface area contributed by atoms with Crippen LogP contribution in [-0.2, 0) is 6.18 Å². The molecule has 7 heteroatoms. The van der Waals surface area contributed by atoms with Crippen LogP contribution in [0.4, 0.5) is 13.2 Å². The van der Waals surface area contributed by atoms with E-state index in [0.29, 0.717) is 0 Å². The average Bonchev–Trinajstić information content (AvgIpc) is 2.35. The lowest BCUT2D eigenvalue weighted by molar-refractivity contribution is -0.137. The SMILES string of the molecule is COc1cc(C(O)C(O)CCl)cc(C(F)(F)F)c1. The van der Waals surface area contributed by atoms with Gasteiger partial charge in [-0.15, -0.1) is 11.6 Å². The summed E-state index contributed by atoms with van der Waals surface area (Å²) in [4.78, 5) is 0. The van der Waals surface area contributed by atoms with Gasteiger partial charge < -0.3 is 14.9 Å². The molecule has 0 heterocycles. The molecule has 0 saturated heterocycles. The van der Waals surface area contributed by atoms with Crippen molar-refractivity contribution in [3.8, 4) is 5.75 Å². The third kappa shape index (κ3) is 3.51. The van der Waals surface area contributed by atoms with Gasteiger partial charge in [-0.1, -0.05) is 0 Å². The van der Waals surface area contributed by atoms with E-state index in [9.17, 15) is 23.4 Å². The molecule has 2 atom stereocenters. The number of methoxy groups -OCH3 is 1. The van der Waals surface area contributed by atoms with E-state index in [1.54, 1.807) is 0 Å². The maximum absolute atomic E-state index is 12.6. The van der Waals surface area contributed by atoms with E-state index in [0.717, 1.165) is 12.1 Å². The number of halogens is 4. The van der Waals surface area contributed by atoms with Crippen LogP contribution >= 0.6 is 11.6 Å². The number of aliphatic hydroxyl groups excluding tert-OH is 2. The number of rotatable bonds is 4. The molecule has 2 unspecified atom stereocenters. The van der Waals surface area contributed by atoms with Crippen LogP contribution < -0.4 is 4.74 Å². The summed E-state index contributed by atoms with van der Waals surface area (Å²) in [6.45, 7) is 0. The smallest absolute Gasteiger partial charge is 0.416 e. The Kier molecular flexibility index (Phi) is 4.84. The van der Waals surface area contributed by atoms with E-state index in [-0.39, 0.29) is 17.2 Å². The number of alkyl halides is 4. The van der Waals surface area contributed by atoms with Gasteiger partial charge in [0.05, 0.1) is 24.7 Å². The first-order valence-corrected chi connectivity index (χ1v) is 5.51. The van der Waals surface area contributed by atoms with Gasteiger partial charge in [-0.2, -0.15) is 13.2 Å². The van der Waals surface area contributed by atoms with Crippen LogP contribution in [0.1, 0.15) is 17.2 Å². The molecule has 0 aliphatic heterocycles. The predicted octanol–water partition coefficient (Wildman–Crippen LogP) is 2.35. The summed E-state index contributed by atoms with van der Waals surface area (Å²) in [6.07, 6.45) is -7.41. The molecular weight excluding hydrogens is 273 g/mol. The van der Waals surface area contributed by atoms with Crippen LogP contribution in [-0.4, -0.2) is 29.3 Å². The summed E-state index contributed by atoms with van der Waals surface area (Å²) in [5.74, 6) is -0.347. The Hall–Kier alpha value is -0.980. The van der Waals surface area contributed by atoms with Crippen molar-refractivity contribution in [2.24, 2.45) is 0 Å². The highest BCUT2D eigenvalue weighted by Crippen LogP contribution is 2.34. The molecule has 0 aliphatic rings. The monoisotopic (exact) mass is 284 g/mol. The van der Waals surface area contributed by atoms with Gasteiger partial charge >= 0.3 is 6.18 Å².